The van der Waals surface area contributed by atoms with E-state index in [1.165, 1.54) is 6.07 Å². The fraction of sp³-hybridized carbons (Fsp3) is 0.400. The van der Waals surface area contributed by atoms with E-state index in [0.717, 1.165) is 12.8 Å². The summed E-state index contributed by atoms with van der Waals surface area (Å²) in [6, 6.07) is 4.56. The number of carbonyl (C=O) groups is 1. The van der Waals surface area contributed by atoms with Gasteiger partial charge >= 0.3 is 0 Å². The molecular formula is C15H17FN4O2. The van der Waals surface area contributed by atoms with Gasteiger partial charge in [-0.15, -0.1) is 0 Å². The van der Waals surface area contributed by atoms with Crippen molar-refractivity contribution in [3.8, 4) is 0 Å². The summed E-state index contributed by atoms with van der Waals surface area (Å²) >= 11 is 0. The van der Waals surface area contributed by atoms with Crippen LogP contribution in [0.25, 0.3) is 0 Å². The summed E-state index contributed by atoms with van der Waals surface area (Å²) < 4.78 is 19.1. The number of anilines is 1. The Hall–Kier alpha value is -2.44. The van der Waals surface area contributed by atoms with E-state index in [-0.39, 0.29) is 11.5 Å². The zero-order valence-electron chi connectivity index (χ0n) is 12.3. The largest absolute Gasteiger partial charge is 0.371 e. The van der Waals surface area contributed by atoms with Crippen molar-refractivity contribution in [2.24, 2.45) is 5.73 Å². The van der Waals surface area contributed by atoms with Crippen molar-refractivity contribution < 1.29 is 13.7 Å². The van der Waals surface area contributed by atoms with Gasteiger partial charge in [-0.3, -0.25) is 4.79 Å². The number of aryl methyl sites for hydroxylation is 1. The van der Waals surface area contributed by atoms with E-state index in [0.29, 0.717) is 30.5 Å². The molecule has 22 heavy (non-hydrogen) atoms. The monoisotopic (exact) mass is 304 g/mol. The van der Waals surface area contributed by atoms with Crippen LogP contribution in [0, 0.1) is 12.7 Å². The van der Waals surface area contributed by atoms with Crippen LogP contribution in [0.4, 0.5) is 10.1 Å². The van der Waals surface area contributed by atoms with E-state index >= 15 is 0 Å². The number of rotatable bonds is 3. The zero-order valence-corrected chi connectivity index (χ0v) is 12.3. The van der Waals surface area contributed by atoms with Crippen molar-refractivity contribution in [1.82, 2.24) is 10.1 Å². The highest BCUT2D eigenvalue weighted by Gasteiger charge is 2.27. The minimum absolute atomic E-state index is 0.0467. The molecule has 0 atom stereocenters. The van der Waals surface area contributed by atoms with Gasteiger partial charge in [-0.1, -0.05) is 11.2 Å². The average Bonchev–Trinajstić information content (AvgIpc) is 2.93. The van der Waals surface area contributed by atoms with E-state index in [1.807, 2.05) is 4.90 Å². The molecule has 0 aliphatic carbocycles. The molecule has 116 valence electrons. The zero-order chi connectivity index (χ0) is 15.7. The van der Waals surface area contributed by atoms with Gasteiger partial charge in [0.05, 0.1) is 11.3 Å². The third kappa shape index (κ3) is 2.66. The summed E-state index contributed by atoms with van der Waals surface area (Å²) in [5, 5.41) is 3.81. The predicted octanol–water partition coefficient (Wildman–Crippen LogP) is 2.00. The Bertz CT molecular complexity index is 693. The Labute approximate surface area is 127 Å². The number of aromatic nitrogens is 2. The first kappa shape index (κ1) is 14.5. The summed E-state index contributed by atoms with van der Waals surface area (Å²) in [6.07, 6.45) is 1.60. The summed E-state index contributed by atoms with van der Waals surface area (Å²) in [7, 11) is 0. The number of halogens is 1. The van der Waals surface area contributed by atoms with Crippen LogP contribution in [0.2, 0.25) is 0 Å². The molecule has 1 aromatic heterocycles. The second kappa shape index (κ2) is 5.75. The molecule has 1 fully saturated rings. The maximum absolute atomic E-state index is 13.8. The SMILES string of the molecule is Cc1noc(C2CCN(c3cccc(F)c3C(N)=O)CC2)n1. The van der Waals surface area contributed by atoms with Gasteiger partial charge in [0.1, 0.15) is 5.82 Å². The highest BCUT2D eigenvalue weighted by molar-refractivity contribution is 5.99. The minimum Gasteiger partial charge on any atom is -0.371 e. The summed E-state index contributed by atoms with van der Waals surface area (Å²) in [4.78, 5) is 17.7. The first-order chi connectivity index (χ1) is 10.6. The maximum Gasteiger partial charge on any atom is 0.253 e. The number of hydrogen-bond acceptors (Lipinski definition) is 5. The Kier molecular flexibility index (Phi) is 3.79. The first-order valence-electron chi connectivity index (χ1n) is 7.19. The lowest BCUT2D eigenvalue weighted by atomic mass is 9.95. The van der Waals surface area contributed by atoms with Gasteiger partial charge in [0, 0.05) is 19.0 Å². The standard InChI is InChI=1S/C15H17FN4O2/c1-9-18-15(22-19-9)10-5-7-20(8-6-10)12-4-2-3-11(16)13(12)14(17)21/h2-4,10H,5-8H2,1H3,(H2,17,21). The lowest BCUT2D eigenvalue weighted by Crippen LogP contribution is -2.34. The van der Waals surface area contributed by atoms with Crippen LogP contribution >= 0.6 is 0 Å². The molecule has 6 nitrogen and oxygen atoms in total. The topological polar surface area (TPSA) is 85.3 Å². The molecule has 1 saturated heterocycles. The molecule has 2 N–H and O–H groups in total. The summed E-state index contributed by atoms with van der Waals surface area (Å²) in [5.41, 5.74) is 5.81. The molecule has 2 aromatic rings. The van der Waals surface area contributed by atoms with Gasteiger partial charge < -0.3 is 15.2 Å². The number of hydrogen-bond donors (Lipinski definition) is 1. The molecule has 0 radical (unpaired) electrons. The van der Waals surface area contributed by atoms with Crippen molar-refractivity contribution in [3.63, 3.8) is 0 Å². The molecule has 3 rings (SSSR count). The quantitative estimate of drug-likeness (QED) is 0.937. The lowest BCUT2D eigenvalue weighted by molar-refractivity contribution is 0.0997. The minimum atomic E-state index is -0.747. The Morgan fingerprint density at radius 1 is 1.41 bits per heavy atom. The number of primary amides is 1. The normalized spacial score (nSPS) is 16.0. The third-order valence-corrected chi connectivity index (χ3v) is 3.97. The molecule has 0 unspecified atom stereocenters. The van der Waals surface area contributed by atoms with Crippen LogP contribution in [0.3, 0.4) is 0 Å². The molecule has 0 saturated carbocycles. The fourth-order valence-corrected chi connectivity index (χ4v) is 2.87. The maximum atomic E-state index is 13.8. The van der Waals surface area contributed by atoms with E-state index in [2.05, 4.69) is 10.1 Å². The van der Waals surface area contributed by atoms with Crippen LogP contribution in [0.15, 0.2) is 22.7 Å². The molecular weight excluding hydrogens is 287 g/mol. The third-order valence-electron chi connectivity index (χ3n) is 3.97. The molecule has 1 amide bonds. The molecule has 1 aliphatic rings. The smallest absolute Gasteiger partial charge is 0.253 e. The number of nitrogens with zero attached hydrogens (tertiary/aromatic N) is 3. The molecule has 7 heteroatoms. The average molecular weight is 304 g/mol. The second-order valence-electron chi connectivity index (χ2n) is 5.44. The molecule has 0 spiro atoms. The Morgan fingerprint density at radius 3 is 2.73 bits per heavy atom. The van der Waals surface area contributed by atoms with Gasteiger partial charge in [-0.25, -0.2) is 4.39 Å². The van der Waals surface area contributed by atoms with Crippen LogP contribution in [0.5, 0.6) is 0 Å². The molecule has 1 aliphatic heterocycles. The molecule has 0 bridgehead atoms. The Balaban J connectivity index is 1.77. The molecule has 1 aromatic carbocycles. The van der Waals surface area contributed by atoms with Gasteiger partial charge in [-0.05, 0) is 31.9 Å². The van der Waals surface area contributed by atoms with E-state index < -0.39 is 11.7 Å². The number of benzene rings is 1. The number of nitrogens with two attached hydrogens (primary N) is 1. The van der Waals surface area contributed by atoms with Gasteiger partial charge in [0.15, 0.2) is 5.82 Å². The van der Waals surface area contributed by atoms with Crippen molar-refractivity contribution in [1.29, 1.82) is 0 Å². The second-order valence-corrected chi connectivity index (χ2v) is 5.44. The lowest BCUT2D eigenvalue weighted by Gasteiger charge is -2.33. The summed E-state index contributed by atoms with van der Waals surface area (Å²) in [5.74, 6) is 0.135. The number of carbonyl (C=O) groups excluding carboxylic acids is 1. The van der Waals surface area contributed by atoms with Crippen molar-refractivity contribution in [2.45, 2.75) is 25.7 Å². The highest BCUT2D eigenvalue weighted by atomic mass is 19.1. The van der Waals surface area contributed by atoms with Crippen molar-refractivity contribution in [2.75, 3.05) is 18.0 Å². The number of piperidine rings is 1. The van der Waals surface area contributed by atoms with Crippen molar-refractivity contribution >= 4 is 11.6 Å². The van der Waals surface area contributed by atoms with E-state index in [1.54, 1.807) is 19.1 Å². The Morgan fingerprint density at radius 2 is 2.14 bits per heavy atom. The van der Waals surface area contributed by atoms with Gasteiger partial charge in [-0.2, -0.15) is 4.98 Å². The van der Waals surface area contributed by atoms with E-state index in [9.17, 15) is 9.18 Å². The van der Waals surface area contributed by atoms with Crippen LogP contribution < -0.4 is 10.6 Å². The van der Waals surface area contributed by atoms with E-state index in [4.69, 9.17) is 10.3 Å². The van der Waals surface area contributed by atoms with Crippen LogP contribution in [-0.2, 0) is 0 Å². The number of amides is 1. The predicted molar refractivity (Wildman–Crippen MR) is 78.1 cm³/mol. The highest BCUT2D eigenvalue weighted by Crippen LogP contribution is 2.31. The van der Waals surface area contributed by atoms with Gasteiger partial charge in [0.2, 0.25) is 5.89 Å². The fourth-order valence-electron chi connectivity index (χ4n) is 2.87. The summed E-state index contributed by atoms with van der Waals surface area (Å²) in [6.45, 7) is 3.14. The van der Waals surface area contributed by atoms with Gasteiger partial charge in [0.25, 0.3) is 5.91 Å². The van der Waals surface area contributed by atoms with Crippen molar-refractivity contribution in [3.05, 3.63) is 41.3 Å². The molecule has 2 heterocycles. The first-order valence-corrected chi connectivity index (χ1v) is 7.19. The van der Waals surface area contributed by atoms with Crippen LogP contribution in [-0.4, -0.2) is 29.1 Å². The van der Waals surface area contributed by atoms with Crippen LogP contribution in [0.1, 0.15) is 40.8 Å².